The van der Waals surface area contributed by atoms with Crippen molar-refractivity contribution in [1.82, 2.24) is 0 Å². The van der Waals surface area contributed by atoms with Crippen LogP contribution in [-0.4, -0.2) is 16.1 Å². The molecule has 1 heterocycles. The molecule has 0 saturated heterocycles. The van der Waals surface area contributed by atoms with Crippen molar-refractivity contribution in [1.29, 1.82) is 0 Å². The second-order valence-corrected chi connectivity index (χ2v) is 5.96. The molecule has 1 amide bonds. The zero-order chi connectivity index (χ0) is 14.8. The van der Waals surface area contributed by atoms with Gasteiger partial charge in [0, 0.05) is 22.7 Å². The van der Waals surface area contributed by atoms with Gasteiger partial charge in [-0.15, -0.1) is 11.8 Å². The highest BCUT2D eigenvalue weighted by atomic mass is 32.2. The number of anilines is 1. The number of hydrogen-bond donors (Lipinski definition) is 1. The summed E-state index contributed by atoms with van der Waals surface area (Å²) in [6, 6.07) is 13.8. The topological polar surface area (TPSA) is 72.2 Å². The van der Waals surface area contributed by atoms with Crippen molar-refractivity contribution in [3.05, 3.63) is 64.2 Å². The molecule has 1 aliphatic heterocycles. The van der Waals surface area contributed by atoms with Crippen molar-refractivity contribution >= 4 is 29.0 Å². The van der Waals surface area contributed by atoms with Crippen molar-refractivity contribution < 1.29 is 9.72 Å². The summed E-state index contributed by atoms with van der Waals surface area (Å²) in [6.45, 7) is 0. The molecule has 0 fully saturated rings. The summed E-state index contributed by atoms with van der Waals surface area (Å²) < 4.78 is 0. The van der Waals surface area contributed by atoms with E-state index < -0.39 is 4.92 Å². The first-order chi connectivity index (χ1) is 10.1. The molecule has 0 radical (unpaired) electrons. The largest absolute Gasteiger partial charge is 0.325 e. The second kappa shape index (κ2) is 5.57. The summed E-state index contributed by atoms with van der Waals surface area (Å²) in [6.07, 6.45) is 0.708. The third-order valence-electron chi connectivity index (χ3n) is 3.29. The van der Waals surface area contributed by atoms with Crippen molar-refractivity contribution in [3.8, 4) is 0 Å². The summed E-state index contributed by atoms with van der Waals surface area (Å²) in [5.41, 5.74) is 1.77. The van der Waals surface area contributed by atoms with Gasteiger partial charge in [0.05, 0.1) is 10.2 Å². The number of amides is 1. The molecule has 0 aromatic heterocycles. The lowest BCUT2D eigenvalue weighted by Crippen LogP contribution is -2.24. The number of benzene rings is 2. The molecule has 0 bridgehead atoms. The summed E-state index contributed by atoms with van der Waals surface area (Å²) in [7, 11) is 0. The molecule has 1 N–H and O–H groups in total. The monoisotopic (exact) mass is 300 g/mol. The number of carbonyl (C=O) groups excluding carboxylic acids is 1. The molecular weight excluding hydrogens is 288 g/mol. The third kappa shape index (κ3) is 2.90. The van der Waals surface area contributed by atoms with Crippen molar-refractivity contribution in [2.24, 2.45) is 0 Å². The Hall–Kier alpha value is -2.34. The Morgan fingerprint density at radius 3 is 2.57 bits per heavy atom. The average molecular weight is 300 g/mol. The van der Waals surface area contributed by atoms with Crippen LogP contribution < -0.4 is 5.32 Å². The molecule has 1 unspecified atom stereocenters. The Balaban J connectivity index is 1.66. The highest BCUT2D eigenvalue weighted by Gasteiger charge is 2.27. The van der Waals surface area contributed by atoms with Crippen LogP contribution in [-0.2, 0) is 11.2 Å². The maximum absolute atomic E-state index is 12.2. The minimum Gasteiger partial charge on any atom is -0.325 e. The molecule has 106 valence electrons. The van der Waals surface area contributed by atoms with Crippen LogP contribution in [0.2, 0.25) is 0 Å². The van der Waals surface area contributed by atoms with Gasteiger partial charge in [0.25, 0.3) is 5.69 Å². The molecule has 0 saturated carbocycles. The van der Waals surface area contributed by atoms with E-state index in [1.54, 1.807) is 23.9 Å². The number of nitro benzene ring substituents is 1. The van der Waals surface area contributed by atoms with Gasteiger partial charge in [-0.05, 0) is 30.2 Å². The lowest BCUT2D eigenvalue weighted by atomic mass is 10.1. The molecule has 1 atom stereocenters. The molecule has 3 rings (SSSR count). The van der Waals surface area contributed by atoms with E-state index in [1.165, 1.54) is 17.7 Å². The Morgan fingerprint density at radius 1 is 1.19 bits per heavy atom. The van der Waals surface area contributed by atoms with E-state index in [2.05, 4.69) is 5.32 Å². The first-order valence-electron chi connectivity index (χ1n) is 6.43. The van der Waals surface area contributed by atoms with Crippen LogP contribution in [0.1, 0.15) is 5.56 Å². The van der Waals surface area contributed by atoms with Gasteiger partial charge in [0.1, 0.15) is 0 Å². The smallest absolute Gasteiger partial charge is 0.269 e. The molecule has 21 heavy (non-hydrogen) atoms. The maximum atomic E-state index is 12.2. The van der Waals surface area contributed by atoms with Gasteiger partial charge < -0.3 is 5.32 Å². The number of carbonyl (C=O) groups is 1. The minimum atomic E-state index is -0.463. The zero-order valence-corrected chi connectivity index (χ0v) is 11.8. The average Bonchev–Trinajstić information content (AvgIpc) is 2.92. The molecular formula is C15H12N2O3S. The van der Waals surface area contributed by atoms with Crippen molar-refractivity contribution in [2.45, 2.75) is 16.6 Å². The van der Waals surface area contributed by atoms with E-state index in [1.807, 2.05) is 24.3 Å². The summed E-state index contributed by atoms with van der Waals surface area (Å²) in [4.78, 5) is 23.5. The molecule has 2 aromatic carbocycles. The number of nitrogens with zero attached hydrogens (tertiary/aromatic N) is 1. The lowest BCUT2D eigenvalue weighted by molar-refractivity contribution is -0.384. The highest BCUT2D eigenvalue weighted by Crippen LogP contribution is 2.37. The van der Waals surface area contributed by atoms with Crippen molar-refractivity contribution in [2.75, 3.05) is 5.32 Å². The number of fused-ring (bicyclic) bond motifs is 1. The van der Waals surface area contributed by atoms with E-state index in [4.69, 9.17) is 0 Å². The van der Waals surface area contributed by atoms with Crippen LogP contribution in [0.4, 0.5) is 11.4 Å². The second-order valence-electron chi connectivity index (χ2n) is 4.71. The highest BCUT2D eigenvalue weighted by molar-refractivity contribution is 8.01. The summed E-state index contributed by atoms with van der Waals surface area (Å²) in [5, 5.41) is 13.2. The molecule has 2 aromatic rings. The quantitative estimate of drug-likeness (QED) is 0.697. The molecule has 6 heteroatoms. The number of rotatable bonds is 3. The van der Waals surface area contributed by atoms with E-state index in [0.717, 1.165) is 4.90 Å². The SMILES string of the molecule is O=C(Nc1ccc([N+](=O)[O-])cc1)C1Cc2ccccc2S1. The molecule has 0 spiro atoms. The molecule has 0 aliphatic carbocycles. The van der Waals surface area contributed by atoms with Crippen LogP contribution in [0.25, 0.3) is 0 Å². The van der Waals surface area contributed by atoms with E-state index in [-0.39, 0.29) is 16.8 Å². The number of non-ortho nitro benzene ring substituents is 1. The maximum Gasteiger partial charge on any atom is 0.269 e. The predicted octanol–water partition coefficient (Wildman–Crippen LogP) is 3.25. The van der Waals surface area contributed by atoms with Gasteiger partial charge >= 0.3 is 0 Å². The number of hydrogen-bond acceptors (Lipinski definition) is 4. The predicted molar refractivity (Wildman–Crippen MR) is 81.5 cm³/mol. The summed E-state index contributed by atoms with van der Waals surface area (Å²) >= 11 is 1.55. The van der Waals surface area contributed by atoms with Crippen LogP contribution in [0.15, 0.2) is 53.4 Å². The normalized spacial score (nSPS) is 16.3. The first-order valence-corrected chi connectivity index (χ1v) is 7.31. The molecule has 5 nitrogen and oxygen atoms in total. The Labute approximate surface area is 125 Å². The Morgan fingerprint density at radius 2 is 1.90 bits per heavy atom. The van der Waals surface area contributed by atoms with Crippen LogP contribution in [0, 0.1) is 10.1 Å². The number of nitro groups is 1. The standard InChI is InChI=1S/C15H12N2O3S/c18-15(14-9-10-3-1-2-4-13(10)21-14)16-11-5-7-12(8-6-11)17(19)20/h1-8,14H,9H2,(H,16,18). The fourth-order valence-electron chi connectivity index (χ4n) is 2.22. The van der Waals surface area contributed by atoms with Gasteiger partial charge in [-0.1, -0.05) is 18.2 Å². The minimum absolute atomic E-state index is 0.00986. The molecule has 1 aliphatic rings. The fourth-order valence-corrected chi connectivity index (χ4v) is 3.41. The Kier molecular flexibility index (Phi) is 3.62. The third-order valence-corrected chi connectivity index (χ3v) is 4.60. The van der Waals surface area contributed by atoms with E-state index >= 15 is 0 Å². The van der Waals surface area contributed by atoms with Gasteiger partial charge in [-0.25, -0.2) is 0 Å². The van der Waals surface area contributed by atoms with E-state index in [0.29, 0.717) is 12.1 Å². The van der Waals surface area contributed by atoms with Gasteiger partial charge in [-0.2, -0.15) is 0 Å². The Bertz CT molecular complexity index is 675. The van der Waals surface area contributed by atoms with Crippen molar-refractivity contribution in [3.63, 3.8) is 0 Å². The number of nitrogens with one attached hydrogen (secondary N) is 1. The summed E-state index contributed by atoms with van der Waals surface area (Å²) in [5.74, 6) is -0.0787. The lowest BCUT2D eigenvalue weighted by Gasteiger charge is -2.09. The van der Waals surface area contributed by atoms with Gasteiger partial charge in [0.2, 0.25) is 5.91 Å². The van der Waals surface area contributed by atoms with E-state index in [9.17, 15) is 14.9 Å². The van der Waals surface area contributed by atoms with Crippen LogP contribution in [0.5, 0.6) is 0 Å². The van der Waals surface area contributed by atoms with Gasteiger partial charge in [-0.3, -0.25) is 14.9 Å². The fraction of sp³-hybridized carbons (Fsp3) is 0.133. The van der Waals surface area contributed by atoms with Crippen LogP contribution in [0.3, 0.4) is 0 Å². The van der Waals surface area contributed by atoms with Crippen LogP contribution >= 0.6 is 11.8 Å². The van der Waals surface area contributed by atoms with Gasteiger partial charge in [0.15, 0.2) is 0 Å². The number of thioether (sulfide) groups is 1. The first kappa shape index (κ1) is 13.6. The zero-order valence-electron chi connectivity index (χ0n) is 11.0.